The molecule has 1 heterocycles. The fourth-order valence-electron chi connectivity index (χ4n) is 2.01. The molecule has 1 atom stereocenters. The van der Waals surface area contributed by atoms with Crippen LogP contribution in [0.3, 0.4) is 0 Å². The van der Waals surface area contributed by atoms with Gasteiger partial charge in [0.05, 0.1) is 4.47 Å². The van der Waals surface area contributed by atoms with Gasteiger partial charge in [-0.2, -0.15) is 4.98 Å². The summed E-state index contributed by atoms with van der Waals surface area (Å²) in [5, 5.41) is 7.42. The number of nitrogens with zero attached hydrogens (tertiary/aromatic N) is 2. The molecule has 0 aliphatic rings. The highest BCUT2D eigenvalue weighted by Gasteiger charge is 2.14. The predicted molar refractivity (Wildman–Crippen MR) is 83.5 cm³/mol. The zero-order valence-electron chi connectivity index (χ0n) is 12.2. The lowest BCUT2D eigenvalue weighted by molar-refractivity contribution is 0.354. The summed E-state index contributed by atoms with van der Waals surface area (Å²) in [6, 6.07) is 5.00. The number of hydrogen-bond acceptors (Lipinski definition) is 4. The Balaban J connectivity index is 2.08. The van der Waals surface area contributed by atoms with Crippen LogP contribution in [-0.2, 0) is 6.42 Å². The average Bonchev–Trinajstić information content (AvgIpc) is 2.95. The van der Waals surface area contributed by atoms with E-state index < -0.39 is 0 Å². The second-order valence-electron chi connectivity index (χ2n) is 4.90. The molecule has 0 fully saturated rings. The van der Waals surface area contributed by atoms with Crippen molar-refractivity contribution < 1.29 is 8.91 Å². The largest absolute Gasteiger partial charge is 0.339 e. The van der Waals surface area contributed by atoms with Gasteiger partial charge >= 0.3 is 0 Å². The van der Waals surface area contributed by atoms with E-state index in [9.17, 15) is 4.39 Å². The number of halogens is 2. The molecule has 0 aliphatic heterocycles. The van der Waals surface area contributed by atoms with E-state index >= 15 is 0 Å². The first kappa shape index (κ1) is 16.1. The number of aromatic nitrogens is 2. The highest BCUT2D eigenvalue weighted by atomic mass is 79.9. The van der Waals surface area contributed by atoms with E-state index in [1.54, 1.807) is 12.1 Å². The Morgan fingerprint density at radius 2 is 2.19 bits per heavy atom. The molecule has 2 aromatic rings. The molecule has 1 unspecified atom stereocenters. The molecule has 0 saturated carbocycles. The maximum atomic E-state index is 13.2. The van der Waals surface area contributed by atoms with Gasteiger partial charge in [0.1, 0.15) is 5.82 Å². The molecule has 1 aromatic carbocycles. The molecule has 0 spiro atoms. The van der Waals surface area contributed by atoms with Gasteiger partial charge in [0.25, 0.3) is 0 Å². The number of benzene rings is 1. The molecule has 21 heavy (non-hydrogen) atoms. The van der Waals surface area contributed by atoms with Crippen LogP contribution in [-0.4, -0.2) is 22.7 Å². The summed E-state index contributed by atoms with van der Waals surface area (Å²) in [5.41, 5.74) is 0.729. The lowest BCUT2D eigenvalue weighted by atomic mass is 10.1. The first-order valence-electron chi connectivity index (χ1n) is 7.15. The van der Waals surface area contributed by atoms with Crippen LogP contribution in [0.2, 0.25) is 0 Å². The maximum Gasteiger partial charge on any atom is 0.228 e. The minimum Gasteiger partial charge on any atom is -0.339 e. The molecular weight excluding hydrogens is 337 g/mol. The van der Waals surface area contributed by atoms with E-state index in [-0.39, 0.29) is 5.82 Å². The summed E-state index contributed by atoms with van der Waals surface area (Å²) in [6.45, 7) is 5.24. The lowest BCUT2D eigenvalue weighted by Crippen LogP contribution is -2.31. The summed E-state index contributed by atoms with van der Waals surface area (Å²) in [6.07, 6.45) is 2.79. The lowest BCUT2D eigenvalue weighted by Gasteiger charge is -2.13. The van der Waals surface area contributed by atoms with Crippen molar-refractivity contribution >= 4 is 15.9 Å². The van der Waals surface area contributed by atoms with Gasteiger partial charge < -0.3 is 9.84 Å². The second kappa shape index (κ2) is 7.66. The molecular formula is C15H19BrFN3O. The van der Waals surface area contributed by atoms with Crippen LogP contribution in [0.4, 0.5) is 4.39 Å². The van der Waals surface area contributed by atoms with E-state index in [4.69, 9.17) is 4.52 Å². The Hall–Kier alpha value is -1.27. The van der Waals surface area contributed by atoms with Crippen molar-refractivity contribution in [3.63, 3.8) is 0 Å². The SMILES string of the molecule is CCCNC(CC)Cc1nc(-c2ccc(F)c(Br)c2)no1. The van der Waals surface area contributed by atoms with E-state index in [1.807, 2.05) is 0 Å². The molecule has 1 N–H and O–H groups in total. The molecule has 0 radical (unpaired) electrons. The molecule has 4 nitrogen and oxygen atoms in total. The molecule has 1 aromatic heterocycles. The van der Waals surface area contributed by atoms with Gasteiger partial charge in [0.15, 0.2) is 0 Å². The Bertz CT molecular complexity index is 588. The topological polar surface area (TPSA) is 51.0 Å². The van der Waals surface area contributed by atoms with E-state index in [2.05, 4.69) is 45.2 Å². The summed E-state index contributed by atoms with van der Waals surface area (Å²) in [5.74, 6) is 0.772. The third-order valence-electron chi connectivity index (χ3n) is 3.24. The summed E-state index contributed by atoms with van der Waals surface area (Å²) in [7, 11) is 0. The molecule has 6 heteroatoms. The third-order valence-corrected chi connectivity index (χ3v) is 3.85. The van der Waals surface area contributed by atoms with Crippen LogP contribution < -0.4 is 5.32 Å². The van der Waals surface area contributed by atoms with Crippen molar-refractivity contribution in [2.45, 2.75) is 39.2 Å². The van der Waals surface area contributed by atoms with Crippen molar-refractivity contribution in [2.75, 3.05) is 6.54 Å². The third kappa shape index (κ3) is 4.35. The van der Waals surface area contributed by atoms with Crippen molar-refractivity contribution in [3.8, 4) is 11.4 Å². The van der Waals surface area contributed by atoms with Gasteiger partial charge in [-0.15, -0.1) is 0 Å². The summed E-state index contributed by atoms with van der Waals surface area (Å²) in [4.78, 5) is 4.39. The van der Waals surface area contributed by atoms with Gasteiger partial charge in [-0.1, -0.05) is 19.0 Å². The van der Waals surface area contributed by atoms with Crippen LogP contribution in [0, 0.1) is 5.82 Å². The first-order valence-corrected chi connectivity index (χ1v) is 7.94. The molecule has 0 aliphatic carbocycles. The van der Waals surface area contributed by atoms with E-state index in [1.165, 1.54) is 6.07 Å². The molecule has 2 rings (SSSR count). The average molecular weight is 356 g/mol. The zero-order chi connectivity index (χ0) is 15.2. The fourth-order valence-corrected chi connectivity index (χ4v) is 2.39. The fraction of sp³-hybridized carbons (Fsp3) is 0.467. The number of nitrogens with one attached hydrogen (secondary N) is 1. The van der Waals surface area contributed by atoms with Crippen LogP contribution in [0.25, 0.3) is 11.4 Å². The van der Waals surface area contributed by atoms with Gasteiger partial charge in [-0.25, -0.2) is 4.39 Å². The highest BCUT2D eigenvalue weighted by Crippen LogP contribution is 2.23. The van der Waals surface area contributed by atoms with Crippen LogP contribution >= 0.6 is 15.9 Å². The minimum atomic E-state index is -0.308. The molecule has 0 amide bonds. The Morgan fingerprint density at radius 1 is 1.38 bits per heavy atom. The maximum absolute atomic E-state index is 13.2. The molecule has 0 saturated heterocycles. The van der Waals surface area contributed by atoms with Crippen molar-refractivity contribution in [3.05, 3.63) is 34.4 Å². The Kier molecular flexibility index (Phi) is 5.87. The number of rotatable bonds is 7. The monoisotopic (exact) mass is 355 g/mol. The molecule has 114 valence electrons. The molecule has 0 bridgehead atoms. The highest BCUT2D eigenvalue weighted by molar-refractivity contribution is 9.10. The Morgan fingerprint density at radius 3 is 2.86 bits per heavy atom. The van der Waals surface area contributed by atoms with Crippen molar-refractivity contribution in [1.82, 2.24) is 15.5 Å². The van der Waals surface area contributed by atoms with Gasteiger partial charge in [0, 0.05) is 18.0 Å². The van der Waals surface area contributed by atoms with Gasteiger partial charge in [-0.3, -0.25) is 0 Å². The normalized spacial score (nSPS) is 12.6. The van der Waals surface area contributed by atoms with Gasteiger partial charge in [-0.05, 0) is 53.5 Å². The van der Waals surface area contributed by atoms with Crippen molar-refractivity contribution in [2.24, 2.45) is 0 Å². The standard InChI is InChI=1S/C15H19BrFN3O/c1-3-7-18-11(4-2)9-14-19-15(20-21-14)10-5-6-13(17)12(16)8-10/h5-6,8,11,18H,3-4,7,9H2,1-2H3. The van der Waals surface area contributed by atoms with Gasteiger partial charge in [0.2, 0.25) is 11.7 Å². The van der Waals surface area contributed by atoms with Crippen LogP contribution in [0.1, 0.15) is 32.6 Å². The minimum absolute atomic E-state index is 0.308. The van der Waals surface area contributed by atoms with Crippen molar-refractivity contribution in [1.29, 1.82) is 0 Å². The smallest absolute Gasteiger partial charge is 0.228 e. The van der Waals surface area contributed by atoms with Crippen LogP contribution in [0.15, 0.2) is 27.2 Å². The van der Waals surface area contributed by atoms with Crippen LogP contribution in [0.5, 0.6) is 0 Å². The second-order valence-corrected chi connectivity index (χ2v) is 5.76. The van der Waals surface area contributed by atoms with E-state index in [0.29, 0.717) is 28.7 Å². The van der Waals surface area contributed by atoms with E-state index in [0.717, 1.165) is 24.9 Å². The first-order chi connectivity index (χ1) is 10.1. The number of hydrogen-bond donors (Lipinski definition) is 1. The Labute approximate surface area is 132 Å². The summed E-state index contributed by atoms with van der Waals surface area (Å²) < 4.78 is 18.9. The summed E-state index contributed by atoms with van der Waals surface area (Å²) >= 11 is 3.16. The zero-order valence-corrected chi connectivity index (χ0v) is 13.8. The predicted octanol–water partition coefficient (Wildman–Crippen LogP) is 3.96. The quantitative estimate of drug-likeness (QED) is 0.816.